The molecule has 0 N–H and O–H groups in total. The molecule has 0 spiro atoms. The fraction of sp³-hybridized carbons (Fsp3) is 0.667. The van der Waals surface area contributed by atoms with E-state index in [0.29, 0.717) is 6.54 Å². The molecule has 0 bridgehead atoms. The molecule has 0 aliphatic carbocycles. The molecule has 0 aromatic carbocycles. The van der Waals surface area contributed by atoms with Crippen molar-refractivity contribution in [3.05, 3.63) is 0 Å². The van der Waals surface area contributed by atoms with Gasteiger partial charge < -0.3 is 4.90 Å². The zero-order chi connectivity index (χ0) is 7.56. The molecule has 3 nitrogen and oxygen atoms in total. The van der Waals surface area contributed by atoms with Crippen molar-refractivity contribution >= 4 is 17.5 Å². The van der Waals surface area contributed by atoms with Gasteiger partial charge in [0.05, 0.1) is 6.07 Å². The first-order valence-corrected chi connectivity index (χ1v) is 3.58. The lowest BCUT2D eigenvalue weighted by molar-refractivity contribution is -0.134. The molecular formula is C6H7ClN2O. The van der Waals surface area contributed by atoms with Crippen LogP contribution in [0.3, 0.4) is 0 Å². The minimum atomic E-state index is -0.216. The first-order chi connectivity index (χ1) is 4.79. The number of hydrogen-bond acceptors (Lipinski definition) is 2. The van der Waals surface area contributed by atoms with Gasteiger partial charge in [-0.25, -0.2) is 0 Å². The molecule has 0 saturated carbocycles. The maximum Gasteiger partial charge on any atom is 0.238 e. The Morgan fingerprint density at radius 3 is 2.90 bits per heavy atom. The van der Waals surface area contributed by atoms with Crippen molar-refractivity contribution in [1.29, 1.82) is 5.26 Å². The number of nitrogens with zero attached hydrogens (tertiary/aromatic N) is 2. The summed E-state index contributed by atoms with van der Waals surface area (Å²) in [4.78, 5) is 12.3. The van der Waals surface area contributed by atoms with Crippen molar-refractivity contribution in [1.82, 2.24) is 4.90 Å². The normalized spacial score (nSPS) is 23.2. The van der Waals surface area contributed by atoms with Crippen molar-refractivity contribution in [2.45, 2.75) is 12.5 Å². The second kappa shape index (κ2) is 2.89. The number of alkyl halides is 1. The van der Waals surface area contributed by atoms with Gasteiger partial charge in [-0.2, -0.15) is 5.26 Å². The van der Waals surface area contributed by atoms with Gasteiger partial charge in [-0.3, -0.25) is 4.79 Å². The van der Waals surface area contributed by atoms with Crippen LogP contribution in [-0.4, -0.2) is 29.3 Å². The molecule has 1 amide bonds. The molecule has 1 atom stereocenters. The van der Waals surface area contributed by atoms with Crippen LogP contribution in [-0.2, 0) is 4.79 Å². The fourth-order valence-corrected chi connectivity index (χ4v) is 1.05. The molecule has 1 fully saturated rings. The van der Waals surface area contributed by atoms with Crippen molar-refractivity contribution in [3.8, 4) is 6.07 Å². The van der Waals surface area contributed by atoms with Crippen LogP contribution in [0.25, 0.3) is 0 Å². The first kappa shape index (κ1) is 7.36. The zero-order valence-corrected chi connectivity index (χ0v) is 6.14. The molecule has 1 heterocycles. The number of likely N-dealkylation sites (tertiary alicyclic amines) is 1. The van der Waals surface area contributed by atoms with Crippen molar-refractivity contribution in [2.75, 3.05) is 12.4 Å². The third-order valence-electron chi connectivity index (χ3n) is 1.60. The van der Waals surface area contributed by atoms with E-state index in [1.807, 2.05) is 6.07 Å². The molecular weight excluding hydrogens is 152 g/mol. The Morgan fingerprint density at radius 1 is 1.90 bits per heavy atom. The molecule has 0 unspecified atom stereocenters. The van der Waals surface area contributed by atoms with Crippen molar-refractivity contribution in [2.24, 2.45) is 0 Å². The largest absolute Gasteiger partial charge is 0.325 e. The van der Waals surface area contributed by atoms with Crippen molar-refractivity contribution < 1.29 is 4.79 Å². The van der Waals surface area contributed by atoms with E-state index in [9.17, 15) is 4.79 Å². The molecule has 1 aliphatic heterocycles. The minimum Gasteiger partial charge on any atom is -0.325 e. The van der Waals surface area contributed by atoms with E-state index in [1.54, 1.807) is 0 Å². The van der Waals surface area contributed by atoms with Crippen LogP contribution >= 0.6 is 11.6 Å². The zero-order valence-electron chi connectivity index (χ0n) is 5.38. The van der Waals surface area contributed by atoms with Gasteiger partial charge in [0.1, 0.15) is 11.9 Å². The van der Waals surface area contributed by atoms with Crippen LogP contribution in [0.1, 0.15) is 6.42 Å². The summed E-state index contributed by atoms with van der Waals surface area (Å²) in [6, 6.07) is 1.80. The topological polar surface area (TPSA) is 44.1 Å². The van der Waals surface area contributed by atoms with E-state index in [4.69, 9.17) is 16.9 Å². The summed E-state index contributed by atoms with van der Waals surface area (Å²) >= 11 is 5.28. The Labute approximate surface area is 64.2 Å². The van der Waals surface area contributed by atoms with Gasteiger partial charge in [0, 0.05) is 6.54 Å². The van der Waals surface area contributed by atoms with Gasteiger partial charge >= 0.3 is 0 Å². The molecule has 1 aliphatic rings. The van der Waals surface area contributed by atoms with E-state index in [2.05, 4.69) is 0 Å². The van der Waals surface area contributed by atoms with E-state index in [-0.39, 0.29) is 17.8 Å². The number of hydrogen-bond donors (Lipinski definition) is 0. The van der Waals surface area contributed by atoms with E-state index in [1.165, 1.54) is 4.90 Å². The number of carbonyl (C=O) groups is 1. The second-order valence-electron chi connectivity index (χ2n) is 2.15. The molecule has 4 heteroatoms. The molecule has 0 radical (unpaired) electrons. The number of halogens is 1. The van der Waals surface area contributed by atoms with E-state index < -0.39 is 0 Å². The highest BCUT2D eigenvalue weighted by Gasteiger charge is 2.30. The van der Waals surface area contributed by atoms with Crippen LogP contribution in [0, 0.1) is 11.3 Å². The summed E-state index contributed by atoms with van der Waals surface area (Å²) in [7, 11) is 0. The maximum atomic E-state index is 10.8. The minimum absolute atomic E-state index is 0.0157. The quantitative estimate of drug-likeness (QED) is 0.517. The lowest BCUT2D eigenvalue weighted by Crippen LogP contribution is -2.50. The molecule has 1 rings (SSSR count). The Balaban J connectivity index is 2.44. The lowest BCUT2D eigenvalue weighted by atomic mass is 10.1. The third kappa shape index (κ3) is 1.07. The summed E-state index contributed by atoms with van der Waals surface area (Å²) in [5, 5.41) is 8.41. The number of carbonyl (C=O) groups excluding carboxylic acids is 1. The molecule has 54 valence electrons. The predicted octanol–water partition coefficient (Wildman–Crippen LogP) is 0.350. The van der Waals surface area contributed by atoms with Gasteiger partial charge in [-0.1, -0.05) is 0 Å². The van der Waals surface area contributed by atoms with Gasteiger partial charge in [0.25, 0.3) is 0 Å². The van der Waals surface area contributed by atoms with Crippen LogP contribution in [0.15, 0.2) is 0 Å². The van der Waals surface area contributed by atoms with Gasteiger partial charge in [0.2, 0.25) is 5.91 Å². The van der Waals surface area contributed by atoms with Crippen molar-refractivity contribution in [3.63, 3.8) is 0 Å². The average Bonchev–Trinajstić information content (AvgIpc) is 1.86. The number of amides is 1. The average molecular weight is 159 g/mol. The highest BCUT2D eigenvalue weighted by molar-refractivity contribution is 6.27. The summed E-state index contributed by atoms with van der Waals surface area (Å²) in [6.45, 7) is 0.684. The first-order valence-electron chi connectivity index (χ1n) is 3.04. The molecule has 0 aromatic heterocycles. The maximum absolute atomic E-state index is 10.8. The summed E-state index contributed by atoms with van der Waals surface area (Å²) < 4.78 is 0. The fourth-order valence-electron chi connectivity index (χ4n) is 0.897. The number of rotatable bonds is 1. The van der Waals surface area contributed by atoms with E-state index in [0.717, 1.165) is 6.42 Å². The summed E-state index contributed by atoms with van der Waals surface area (Å²) in [5.74, 6) is -0.155. The third-order valence-corrected chi connectivity index (χ3v) is 1.83. The highest BCUT2D eigenvalue weighted by Crippen LogP contribution is 2.16. The van der Waals surface area contributed by atoms with Gasteiger partial charge in [-0.05, 0) is 6.42 Å². The smallest absolute Gasteiger partial charge is 0.238 e. The Hall–Kier alpha value is -0.750. The summed E-state index contributed by atoms with van der Waals surface area (Å²) in [5.41, 5.74) is 0. The molecule has 1 saturated heterocycles. The lowest BCUT2D eigenvalue weighted by Gasteiger charge is -2.35. The monoisotopic (exact) mass is 158 g/mol. The Bertz CT molecular complexity index is 187. The second-order valence-corrected chi connectivity index (χ2v) is 2.42. The standard InChI is InChI=1S/C6H7ClN2O/c7-3-6(10)9-2-1-5(9)4-8/h5H,1-3H2/t5-/m0/s1. The Kier molecular flexibility index (Phi) is 2.13. The van der Waals surface area contributed by atoms with Gasteiger partial charge in [-0.15, -0.1) is 11.6 Å². The number of nitriles is 1. The highest BCUT2D eigenvalue weighted by atomic mass is 35.5. The molecule has 10 heavy (non-hydrogen) atoms. The summed E-state index contributed by atoms with van der Waals surface area (Å²) in [6.07, 6.45) is 0.791. The van der Waals surface area contributed by atoms with Crippen LogP contribution in [0.2, 0.25) is 0 Å². The van der Waals surface area contributed by atoms with Crippen LogP contribution in [0.4, 0.5) is 0 Å². The predicted molar refractivity (Wildman–Crippen MR) is 36.5 cm³/mol. The van der Waals surface area contributed by atoms with Gasteiger partial charge in [0.15, 0.2) is 0 Å². The van der Waals surface area contributed by atoms with Crippen LogP contribution < -0.4 is 0 Å². The van der Waals surface area contributed by atoms with Crippen LogP contribution in [0.5, 0.6) is 0 Å². The SMILES string of the molecule is N#C[C@@H]1CCN1C(=O)CCl. The van der Waals surface area contributed by atoms with E-state index >= 15 is 0 Å². The molecule has 0 aromatic rings. The Morgan fingerprint density at radius 2 is 2.60 bits per heavy atom.